The van der Waals surface area contributed by atoms with Crippen LogP contribution in [0.4, 0.5) is 0 Å². The van der Waals surface area contributed by atoms with Gasteiger partial charge in [0, 0.05) is 0 Å². The first-order chi connectivity index (χ1) is 4.75. The van der Waals surface area contributed by atoms with Crippen LogP contribution in [0.1, 0.15) is 5.56 Å². The number of rotatable bonds is 1. The molecule has 0 saturated heterocycles. The summed E-state index contributed by atoms with van der Waals surface area (Å²) in [6.07, 6.45) is 1.23. The quantitative estimate of drug-likeness (QED) is 0.354. The van der Waals surface area contributed by atoms with Gasteiger partial charge in [-0.1, -0.05) is 6.07 Å². The second-order valence-corrected chi connectivity index (χ2v) is 1.88. The zero-order chi connectivity index (χ0) is 7.56. The van der Waals surface area contributed by atoms with Gasteiger partial charge < -0.3 is 10.2 Å². The average Bonchev–Trinajstić information content (AvgIpc) is 1.95. The van der Waals surface area contributed by atoms with E-state index in [1.54, 1.807) is 12.1 Å². The van der Waals surface area contributed by atoms with Crippen LogP contribution < -0.4 is 5.41 Å². The number of benzene rings is 1. The second kappa shape index (κ2) is 2.39. The van der Waals surface area contributed by atoms with E-state index in [1.807, 2.05) is 0 Å². The molecule has 0 radical (unpaired) electrons. The number of aromatic hydroxyl groups is 2. The number of hydrogen-bond acceptors (Lipinski definition) is 2. The fourth-order valence-corrected chi connectivity index (χ4v) is 0.683. The second-order valence-electron chi connectivity index (χ2n) is 1.88. The highest BCUT2D eigenvalue weighted by Crippen LogP contribution is 2.25. The van der Waals surface area contributed by atoms with Crippen molar-refractivity contribution in [3.8, 4) is 11.5 Å². The average molecular weight is 138 g/mol. The van der Waals surface area contributed by atoms with Gasteiger partial charge in [0.2, 0.25) is 0 Å². The van der Waals surface area contributed by atoms with Crippen molar-refractivity contribution in [2.75, 3.05) is 0 Å². The standard InChI is InChI=1S/C7H7NO2/c8-4-5-2-1-3-6(9)7(5)10/h1-4,8-10H/p+1. The number of para-hydroxylation sites is 1. The van der Waals surface area contributed by atoms with Crippen LogP contribution in [0.5, 0.6) is 11.5 Å². The Morgan fingerprint density at radius 2 is 2.00 bits per heavy atom. The summed E-state index contributed by atoms with van der Waals surface area (Å²) in [6, 6.07) is 4.60. The summed E-state index contributed by atoms with van der Waals surface area (Å²) >= 11 is 0. The van der Waals surface area contributed by atoms with E-state index in [0.29, 0.717) is 5.56 Å². The molecule has 1 rings (SSSR count). The van der Waals surface area contributed by atoms with Gasteiger partial charge in [0.25, 0.3) is 0 Å². The predicted octanol–water partition coefficient (Wildman–Crippen LogP) is -0.724. The molecule has 1 aromatic rings. The molecule has 0 saturated carbocycles. The van der Waals surface area contributed by atoms with Gasteiger partial charge in [-0.2, -0.15) is 0 Å². The maximum Gasteiger partial charge on any atom is 0.171 e. The molecule has 0 fully saturated rings. The minimum Gasteiger partial charge on any atom is -0.504 e. The summed E-state index contributed by atoms with van der Waals surface area (Å²) in [5.41, 5.74) is 0.431. The molecule has 3 heteroatoms. The molecule has 0 aromatic heterocycles. The number of phenols is 2. The zero-order valence-electron chi connectivity index (χ0n) is 5.28. The molecule has 52 valence electrons. The molecule has 10 heavy (non-hydrogen) atoms. The number of nitrogens with two attached hydrogens (primary N) is 1. The van der Waals surface area contributed by atoms with Crippen LogP contribution in [0.15, 0.2) is 18.2 Å². The highest BCUT2D eigenvalue weighted by Gasteiger charge is 2.03. The van der Waals surface area contributed by atoms with Crippen LogP contribution in [-0.4, -0.2) is 16.4 Å². The summed E-state index contributed by atoms with van der Waals surface area (Å²) in [7, 11) is 0. The lowest BCUT2D eigenvalue weighted by molar-refractivity contribution is -0.104. The highest BCUT2D eigenvalue weighted by molar-refractivity contribution is 5.80. The Balaban J connectivity index is 3.27. The van der Waals surface area contributed by atoms with E-state index in [1.165, 1.54) is 12.3 Å². The number of hydrogen-bond donors (Lipinski definition) is 3. The molecule has 0 aliphatic rings. The Kier molecular flexibility index (Phi) is 1.58. The molecule has 0 aliphatic carbocycles. The molecule has 1 aromatic carbocycles. The van der Waals surface area contributed by atoms with Crippen LogP contribution in [-0.2, 0) is 0 Å². The third-order valence-electron chi connectivity index (χ3n) is 1.23. The third kappa shape index (κ3) is 0.932. The smallest absolute Gasteiger partial charge is 0.171 e. The van der Waals surface area contributed by atoms with Crippen LogP contribution in [0.3, 0.4) is 0 Å². The molecule has 0 spiro atoms. The van der Waals surface area contributed by atoms with Crippen LogP contribution in [0.25, 0.3) is 0 Å². The maximum atomic E-state index is 9.04. The molecular formula is C7H8NO2+. The van der Waals surface area contributed by atoms with Crippen LogP contribution in [0, 0.1) is 0 Å². The van der Waals surface area contributed by atoms with Crippen LogP contribution >= 0.6 is 0 Å². The topological polar surface area (TPSA) is 66.0 Å². The van der Waals surface area contributed by atoms with Crippen molar-refractivity contribution in [1.82, 2.24) is 0 Å². The minimum absolute atomic E-state index is 0.154. The first-order valence-corrected chi connectivity index (χ1v) is 2.81. The molecule has 3 nitrogen and oxygen atoms in total. The largest absolute Gasteiger partial charge is 0.504 e. The van der Waals surface area contributed by atoms with Gasteiger partial charge in [0.05, 0.1) is 5.56 Å². The molecule has 0 unspecified atom stereocenters. The van der Waals surface area contributed by atoms with E-state index < -0.39 is 0 Å². The van der Waals surface area contributed by atoms with Crippen molar-refractivity contribution in [3.05, 3.63) is 23.8 Å². The van der Waals surface area contributed by atoms with Gasteiger partial charge in [-0.25, -0.2) is 0 Å². The van der Waals surface area contributed by atoms with Crippen LogP contribution in [0.2, 0.25) is 0 Å². The van der Waals surface area contributed by atoms with E-state index in [2.05, 4.69) is 0 Å². The van der Waals surface area contributed by atoms with Gasteiger partial charge in [0.1, 0.15) is 0 Å². The molecule has 0 aliphatic heterocycles. The predicted molar refractivity (Wildman–Crippen MR) is 36.9 cm³/mol. The van der Waals surface area contributed by atoms with Gasteiger partial charge >= 0.3 is 0 Å². The molecule has 0 bridgehead atoms. The molecule has 0 atom stereocenters. The van der Waals surface area contributed by atoms with Gasteiger partial charge in [0.15, 0.2) is 17.7 Å². The van der Waals surface area contributed by atoms with E-state index in [4.69, 9.17) is 15.6 Å². The minimum atomic E-state index is -0.176. The van der Waals surface area contributed by atoms with Crippen molar-refractivity contribution in [2.24, 2.45) is 0 Å². The molecule has 4 N–H and O–H groups in total. The summed E-state index contributed by atoms with van der Waals surface area (Å²) in [6.45, 7) is 0. The first kappa shape index (κ1) is 6.61. The third-order valence-corrected chi connectivity index (χ3v) is 1.23. The lowest BCUT2D eigenvalue weighted by Gasteiger charge is -1.96. The van der Waals surface area contributed by atoms with E-state index in [-0.39, 0.29) is 11.5 Å². The van der Waals surface area contributed by atoms with Gasteiger partial charge in [-0.3, -0.25) is 5.41 Å². The number of phenolic OH excluding ortho intramolecular Hbond substituents is 2. The monoisotopic (exact) mass is 138 g/mol. The van der Waals surface area contributed by atoms with E-state index in [0.717, 1.165) is 0 Å². The summed E-state index contributed by atoms with van der Waals surface area (Å²) in [5, 5.41) is 23.1. The molecular weight excluding hydrogens is 130 g/mol. The normalized spacial score (nSPS) is 9.20. The summed E-state index contributed by atoms with van der Waals surface area (Å²) in [5.74, 6) is -0.329. The van der Waals surface area contributed by atoms with Gasteiger partial charge in [-0.05, 0) is 12.1 Å². The summed E-state index contributed by atoms with van der Waals surface area (Å²) in [4.78, 5) is 0. The zero-order valence-corrected chi connectivity index (χ0v) is 5.28. The Hall–Kier alpha value is -1.51. The van der Waals surface area contributed by atoms with Crippen molar-refractivity contribution >= 4 is 6.21 Å². The lowest BCUT2D eigenvalue weighted by Crippen LogP contribution is -2.29. The van der Waals surface area contributed by atoms with Crippen molar-refractivity contribution < 1.29 is 15.6 Å². The fourth-order valence-electron chi connectivity index (χ4n) is 0.683. The van der Waals surface area contributed by atoms with Crippen molar-refractivity contribution in [2.45, 2.75) is 0 Å². The van der Waals surface area contributed by atoms with E-state index >= 15 is 0 Å². The highest BCUT2D eigenvalue weighted by atomic mass is 16.3. The van der Waals surface area contributed by atoms with Gasteiger partial charge in [-0.15, -0.1) is 0 Å². The SMILES string of the molecule is [NH2+]=Cc1cccc(O)c1O. The fraction of sp³-hybridized carbons (Fsp3) is 0. The van der Waals surface area contributed by atoms with E-state index in [9.17, 15) is 0 Å². The van der Waals surface area contributed by atoms with Crippen molar-refractivity contribution in [1.29, 1.82) is 0 Å². The summed E-state index contributed by atoms with van der Waals surface area (Å²) < 4.78 is 0. The molecule has 0 heterocycles. The Labute approximate surface area is 58.1 Å². The first-order valence-electron chi connectivity index (χ1n) is 2.81. The Morgan fingerprint density at radius 1 is 1.30 bits per heavy atom. The molecule has 0 amide bonds. The Bertz CT molecular complexity index is 258. The lowest BCUT2D eigenvalue weighted by atomic mass is 10.2. The van der Waals surface area contributed by atoms with Crippen molar-refractivity contribution in [3.63, 3.8) is 0 Å². The maximum absolute atomic E-state index is 9.04. The Morgan fingerprint density at radius 3 is 2.50 bits per heavy atom.